The Morgan fingerprint density at radius 1 is 0.458 bits per heavy atom. The highest BCUT2D eigenvalue weighted by Gasteiger charge is 2.41. The van der Waals surface area contributed by atoms with Crippen LogP contribution in [0.15, 0.2) is 120 Å². The molecule has 2 heterocycles. The van der Waals surface area contributed by atoms with Crippen LogP contribution in [0.4, 0.5) is 28.4 Å². The van der Waals surface area contributed by atoms with Crippen LogP contribution >= 0.6 is 0 Å². The van der Waals surface area contributed by atoms with E-state index in [4.69, 9.17) is 4.42 Å². The van der Waals surface area contributed by atoms with Gasteiger partial charge in [-0.15, -0.1) is 0 Å². The molecule has 12 rings (SSSR count). The quantitative estimate of drug-likeness (QED) is 0.174. The summed E-state index contributed by atoms with van der Waals surface area (Å²) in [7, 11) is 0.810. The van der Waals surface area contributed by atoms with Crippen LogP contribution < -0.4 is 21.1 Å². The Bertz CT molecular complexity index is 3560. The lowest BCUT2D eigenvalue weighted by Crippen LogP contribution is -2.41. The normalized spacial score (nSPS) is 19.4. The third kappa shape index (κ3) is 7.34. The molecule has 0 bridgehead atoms. The number of fused-ring (bicyclic) bond motifs is 8. The third-order valence-corrected chi connectivity index (χ3v) is 18.8. The molecule has 8 aromatic rings. The molecule has 1 aromatic heterocycles. The number of hydrogen-bond donors (Lipinski definition) is 1. The zero-order valence-corrected chi connectivity index (χ0v) is 45.8. The van der Waals surface area contributed by atoms with Crippen LogP contribution in [0.1, 0.15) is 166 Å². The first-order chi connectivity index (χ1) is 33.9. The van der Waals surface area contributed by atoms with Gasteiger partial charge in [0.25, 0.3) is 0 Å². The molecule has 0 saturated heterocycles. The monoisotopic (exact) mass is 947 g/mol. The Morgan fingerprint density at radius 2 is 1.04 bits per heavy atom. The molecule has 0 saturated carbocycles. The molecular formula is C68H75BN2O. The van der Waals surface area contributed by atoms with E-state index in [0.29, 0.717) is 0 Å². The number of rotatable bonds is 5. The van der Waals surface area contributed by atoms with Gasteiger partial charge in [0.2, 0.25) is 0 Å². The van der Waals surface area contributed by atoms with Gasteiger partial charge in [0.15, 0.2) is 12.9 Å². The summed E-state index contributed by atoms with van der Waals surface area (Å²) in [4.78, 5) is 2.64. The Hall–Kier alpha value is -6.00. The number of nitrogens with one attached hydrogen (secondary N) is 1. The molecule has 0 spiro atoms. The van der Waals surface area contributed by atoms with Gasteiger partial charge in [0.1, 0.15) is 5.58 Å². The van der Waals surface area contributed by atoms with E-state index in [1.54, 1.807) is 0 Å². The number of nitrogens with zero attached hydrogens (tertiary/aromatic N) is 1. The summed E-state index contributed by atoms with van der Waals surface area (Å²) in [5.41, 5.74) is 27.2. The number of benzene rings is 7. The molecular weight excluding hydrogens is 872 g/mol. The molecule has 1 N–H and O–H groups in total. The van der Waals surface area contributed by atoms with Gasteiger partial charge in [0, 0.05) is 39.1 Å². The van der Waals surface area contributed by atoms with Crippen LogP contribution in [0.2, 0.25) is 0 Å². The van der Waals surface area contributed by atoms with E-state index in [1.165, 1.54) is 126 Å². The molecule has 0 fully saturated rings. The maximum atomic E-state index is 7.34. The molecule has 0 radical (unpaired) electrons. The van der Waals surface area contributed by atoms with Gasteiger partial charge in [-0.25, -0.2) is 0 Å². The van der Waals surface area contributed by atoms with Crippen molar-refractivity contribution in [3.8, 4) is 22.3 Å². The average Bonchev–Trinajstić information content (AvgIpc) is 3.71. The van der Waals surface area contributed by atoms with Crippen LogP contribution in [0.5, 0.6) is 0 Å². The van der Waals surface area contributed by atoms with E-state index < -0.39 is 0 Å². The highest BCUT2D eigenvalue weighted by atomic mass is 16.3. The Labute approximate surface area is 431 Å². The second-order valence-electron chi connectivity index (χ2n) is 26.8. The van der Waals surface area contributed by atoms with E-state index in [9.17, 15) is 0 Å². The summed E-state index contributed by atoms with van der Waals surface area (Å²) in [6.07, 6.45) is 7.04. The number of hydrogen-bond acceptors (Lipinski definition) is 3. The van der Waals surface area contributed by atoms with Gasteiger partial charge in [-0.3, -0.25) is 0 Å². The minimum absolute atomic E-state index is 0.0629. The van der Waals surface area contributed by atoms with E-state index in [1.807, 2.05) is 0 Å². The number of anilines is 5. The standard InChI is InChI=1S/C68H75BN2O/c1-40-32-48(60-58(33-40)71(57-35-43(20-25-55(57)69-60)42-18-16-15-17-19-42)56-38-53-50(34-41(56)2)64(5,6)28-30-67(53,11)12)45-22-23-46-47-37-52-54(68(13,14)31-29-66(52,9)10)39-59(47)72-62(46)61(45)70-44-21-24-49-51(36-44)65(7,8)27-26-63(49,3)4/h15-25,32-39,69-70H,26-31H2,1-14H3. The van der Waals surface area contributed by atoms with Crippen LogP contribution in [-0.4, -0.2) is 7.28 Å². The van der Waals surface area contributed by atoms with Gasteiger partial charge in [-0.1, -0.05) is 155 Å². The van der Waals surface area contributed by atoms with Gasteiger partial charge in [-0.05, 0) is 200 Å². The van der Waals surface area contributed by atoms with Crippen molar-refractivity contribution in [2.75, 3.05) is 10.2 Å². The first-order valence-electron chi connectivity index (χ1n) is 27.2. The smallest absolute Gasteiger partial charge is 0.198 e. The van der Waals surface area contributed by atoms with Gasteiger partial charge >= 0.3 is 0 Å². The van der Waals surface area contributed by atoms with Crippen LogP contribution in [0.25, 0.3) is 44.2 Å². The maximum Gasteiger partial charge on any atom is 0.198 e. The Balaban J connectivity index is 1.12. The Morgan fingerprint density at radius 3 is 1.69 bits per heavy atom. The highest BCUT2D eigenvalue weighted by molar-refractivity contribution is 6.73. The zero-order chi connectivity index (χ0) is 50.7. The lowest BCUT2D eigenvalue weighted by atomic mass is 9.57. The summed E-state index contributed by atoms with van der Waals surface area (Å²) >= 11 is 0. The summed E-state index contributed by atoms with van der Waals surface area (Å²) in [5.74, 6) is 0. The molecule has 1 aliphatic heterocycles. The second kappa shape index (κ2) is 15.8. The van der Waals surface area contributed by atoms with Crippen molar-refractivity contribution in [1.29, 1.82) is 0 Å². The van der Waals surface area contributed by atoms with E-state index in [2.05, 4.69) is 222 Å². The van der Waals surface area contributed by atoms with E-state index in [-0.39, 0.29) is 32.5 Å². The molecule has 3 aliphatic carbocycles. The lowest BCUT2D eigenvalue weighted by Gasteiger charge is -2.44. The molecule has 366 valence electrons. The molecule has 7 aromatic carbocycles. The predicted octanol–water partition coefficient (Wildman–Crippen LogP) is 17.5. The summed E-state index contributed by atoms with van der Waals surface area (Å²) in [6.45, 7) is 33.8. The van der Waals surface area contributed by atoms with Crippen molar-refractivity contribution in [2.24, 2.45) is 0 Å². The third-order valence-electron chi connectivity index (χ3n) is 18.8. The van der Waals surface area contributed by atoms with Crippen molar-refractivity contribution < 1.29 is 4.42 Å². The summed E-state index contributed by atoms with van der Waals surface area (Å²) in [5, 5.41) is 6.52. The molecule has 0 amide bonds. The first-order valence-corrected chi connectivity index (χ1v) is 27.2. The van der Waals surface area contributed by atoms with E-state index in [0.717, 1.165) is 48.0 Å². The van der Waals surface area contributed by atoms with Crippen LogP contribution in [0, 0.1) is 13.8 Å². The van der Waals surface area contributed by atoms with Crippen molar-refractivity contribution in [1.82, 2.24) is 0 Å². The fraction of sp³-hybridized carbons (Fsp3) is 0.382. The molecule has 3 nitrogen and oxygen atoms in total. The second-order valence-corrected chi connectivity index (χ2v) is 26.8. The minimum atomic E-state index is 0.0629. The number of aryl methyl sites for hydroxylation is 2. The predicted molar refractivity (Wildman–Crippen MR) is 311 cm³/mol. The van der Waals surface area contributed by atoms with Crippen LogP contribution in [0.3, 0.4) is 0 Å². The molecule has 0 unspecified atom stereocenters. The largest absolute Gasteiger partial charge is 0.454 e. The topological polar surface area (TPSA) is 28.4 Å². The zero-order valence-electron chi connectivity index (χ0n) is 45.8. The highest BCUT2D eigenvalue weighted by Crippen LogP contribution is 2.53. The summed E-state index contributed by atoms with van der Waals surface area (Å²) < 4.78 is 7.34. The number of furan rings is 1. The maximum absolute atomic E-state index is 7.34. The van der Waals surface area contributed by atoms with Crippen molar-refractivity contribution >= 4 is 68.6 Å². The van der Waals surface area contributed by atoms with E-state index >= 15 is 0 Å². The average molecular weight is 947 g/mol. The van der Waals surface area contributed by atoms with Gasteiger partial charge in [0.05, 0.1) is 5.69 Å². The fourth-order valence-corrected chi connectivity index (χ4v) is 13.7. The molecule has 4 aliphatic rings. The van der Waals surface area contributed by atoms with Crippen molar-refractivity contribution in [3.05, 3.63) is 160 Å². The molecule has 4 heteroatoms. The van der Waals surface area contributed by atoms with Crippen molar-refractivity contribution in [3.63, 3.8) is 0 Å². The fourth-order valence-electron chi connectivity index (χ4n) is 13.7. The molecule has 0 atom stereocenters. The SMILES string of the molecule is Cc1cc(-c2ccc3c(oc4cc5c(cc43)C(C)(C)CCC5(C)C)c2Nc2ccc3c(c2)C(C)(C)CCC3(C)C)c2c(c1)N(c1cc3c(cc1C)C(C)(C)CCC3(C)C)c1cc(-c3ccccc3)ccc1B2. The molecule has 72 heavy (non-hydrogen) atoms. The Kier molecular flexibility index (Phi) is 10.3. The summed E-state index contributed by atoms with van der Waals surface area (Å²) in [6, 6.07) is 45.0. The van der Waals surface area contributed by atoms with Crippen molar-refractivity contribution in [2.45, 2.75) is 168 Å². The van der Waals surface area contributed by atoms with Gasteiger partial charge in [-0.2, -0.15) is 0 Å². The lowest BCUT2D eigenvalue weighted by molar-refractivity contribution is 0.332. The first kappa shape index (κ1) is 47.0. The van der Waals surface area contributed by atoms with Crippen LogP contribution in [-0.2, 0) is 32.5 Å². The minimum Gasteiger partial charge on any atom is -0.454 e. The van der Waals surface area contributed by atoms with Gasteiger partial charge < -0.3 is 14.6 Å².